The molecule has 2 aromatic rings. The van der Waals surface area contributed by atoms with E-state index in [0.29, 0.717) is 17.5 Å². The van der Waals surface area contributed by atoms with Crippen molar-refractivity contribution in [1.82, 2.24) is 15.5 Å². The molecule has 24 heavy (non-hydrogen) atoms. The first-order valence-electron chi connectivity index (χ1n) is 7.33. The molecular weight excluding hydrogens is 316 g/mol. The van der Waals surface area contributed by atoms with Gasteiger partial charge in [-0.3, -0.25) is 14.9 Å². The molecule has 0 saturated carbocycles. The Morgan fingerprint density at radius 1 is 1.38 bits per heavy atom. The molecule has 9 heteroatoms. The zero-order valence-corrected chi connectivity index (χ0v) is 13.6. The Morgan fingerprint density at radius 2 is 2.04 bits per heavy atom. The second-order valence-electron chi connectivity index (χ2n) is 5.51. The molecule has 1 aromatic heterocycles. The molecule has 1 amide bonds. The minimum atomic E-state index is -0.504. The van der Waals surface area contributed by atoms with E-state index in [-0.39, 0.29) is 24.1 Å². The number of ether oxygens (including phenoxy) is 1. The number of hydrogen-bond donors (Lipinski definition) is 1. The standard InChI is InChI=1S/C15H18N4O5/c1-9(2)14(15-16-10(3)18-24-15)17-13(20)8-23-12-6-4-11(5-7-12)19(21)22/h4-7,9,14H,8H2,1-3H3,(H,17,20)/t14-/m0/s1. The molecular formula is C15H18N4O5. The van der Waals surface area contributed by atoms with Crippen molar-refractivity contribution in [2.45, 2.75) is 26.8 Å². The van der Waals surface area contributed by atoms with Crippen molar-refractivity contribution in [1.29, 1.82) is 0 Å². The van der Waals surface area contributed by atoms with E-state index in [1.165, 1.54) is 24.3 Å². The highest BCUT2D eigenvalue weighted by molar-refractivity contribution is 5.77. The van der Waals surface area contributed by atoms with Crippen LogP contribution in [0.2, 0.25) is 0 Å². The molecule has 1 heterocycles. The second-order valence-corrected chi connectivity index (χ2v) is 5.51. The summed E-state index contributed by atoms with van der Waals surface area (Å²) >= 11 is 0. The van der Waals surface area contributed by atoms with Crippen molar-refractivity contribution in [3.63, 3.8) is 0 Å². The number of aromatic nitrogens is 2. The Bertz CT molecular complexity index is 711. The zero-order valence-electron chi connectivity index (χ0n) is 13.6. The van der Waals surface area contributed by atoms with E-state index in [1.54, 1.807) is 6.92 Å². The maximum Gasteiger partial charge on any atom is 0.269 e. The van der Waals surface area contributed by atoms with Crippen LogP contribution in [0.4, 0.5) is 5.69 Å². The van der Waals surface area contributed by atoms with Crippen LogP contribution in [-0.4, -0.2) is 27.6 Å². The Kier molecular flexibility index (Phi) is 5.46. The van der Waals surface area contributed by atoms with Gasteiger partial charge in [-0.25, -0.2) is 0 Å². The number of rotatable bonds is 7. The zero-order chi connectivity index (χ0) is 17.7. The predicted molar refractivity (Wildman–Crippen MR) is 83.3 cm³/mol. The number of nitrogens with zero attached hydrogens (tertiary/aromatic N) is 3. The summed E-state index contributed by atoms with van der Waals surface area (Å²) in [5, 5.41) is 17.1. The lowest BCUT2D eigenvalue weighted by Crippen LogP contribution is -2.35. The van der Waals surface area contributed by atoms with E-state index >= 15 is 0 Å². The van der Waals surface area contributed by atoms with Crippen LogP contribution in [-0.2, 0) is 4.79 Å². The van der Waals surface area contributed by atoms with E-state index in [4.69, 9.17) is 9.26 Å². The Balaban J connectivity index is 1.92. The first kappa shape index (κ1) is 17.4. The largest absolute Gasteiger partial charge is 0.484 e. The van der Waals surface area contributed by atoms with Crippen molar-refractivity contribution in [2.75, 3.05) is 6.61 Å². The van der Waals surface area contributed by atoms with Crippen molar-refractivity contribution >= 4 is 11.6 Å². The SMILES string of the molecule is Cc1noc([C@@H](NC(=O)COc2ccc([N+](=O)[O-])cc2)C(C)C)n1. The van der Waals surface area contributed by atoms with Gasteiger partial charge in [0.2, 0.25) is 5.89 Å². The highest BCUT2D eigenvalue weighted by Crippen LogP contribution is 2.20. The van der Waals surface area contributed by atoms with E-state index in [1.807, 2.05) is 13.8 Å². The highest BCUT2D eigenvalue weighted by Gasteiger charge is 2.24. The van der Waals surface area contributed by atoms with Gasteiger partial charge in [-0.1, -0.05) is 19.0 Å². The average molecular weight is 334 g/mol. The van der Waals surface area contributed by atoms with Crippen molar-refractivity contribution in [3.05, 3.63) is 46.1 Å². The molecule has 2 rings (SSSR count). The average Bonchev–Trinajstić information content (AvgIpc) is 2.96. The third kappa shape index (κ3) is 4.51. The van der Waals surface area contributed by atoms with Gasteiger partial charge in [0.1, 0.15) is 11.8 Å². The Labute approximate surface area is 138 Å². The fourth-order valence-corrected chi connectivity index (χ4v) is 1.98. The predicted octanol–water partition coefficient (Wildman–Crippen LogP) is 2.18. The van der Waals surface area contributed by atoms with Gasteiger partial charge in [-0.05, 0) is 25.0 Å². The summed E-state index contributed by atoms with van der Waals surface area (Å²) < 4.78 is 10.4. The molecule has 0 bridgehead atoms. The third-order valence-corrected chi connectivity index (χ3v) is 3.21. The number of aryl methyl sites for hydroxylation is 1. The lowest BCUT2D eigenvalue weighted by atomic mass is 10.0. The molecule has 1 N–H and O–H groups in total. The van der Waals surface area contributed by atoms with Crippen LogP contribution in [0, 0.1) is 23.0 Å². The van der Waals surface area contributed by atoms with Gasteiger partial charge in [-0.2, -0.15) is 4.98 Å². The molecule has 0 aliphatic rings. The number of amides is 1. The normalized spacial score (nSPS) is 12.0. The van der Waals surface area contributed by atoms with Gasteiger partial charge in [0.05, 0.1) is 4.92 Å². The van der Waals surface area contributed by atoms with Crippen LogP contribution in [0.5, 0.6) is 5.75 Å². The number of benzene rings is 1. The maximum absolute atomic E-state index is 12.1. The van der Waals surface area contributed by atoms with E-state index in [2.05, 4.69) is 15.5 Å². The summed E-state index contributed by atoms with van der Waals surface area (Å²) in [5.74, 6) is 0.889. The van der Waals surface area contributed by atoms with Gasteiger partial charge < -0.3 is 14.6 Å². The van der Waals surface area contributed by atoms with Crippen LogP contribution >= 0.6 is 0 Å². The molecule has 1 aromatic carbocycles. The summed E-state index contributed by atoms with van der Waals surface area (Å²) in [6.45, 7) is 5.31. The van der Waals surface area contributed by atoms with Gasteiger partial charge in [0.25, 0.3) is 11.6 Å². The molecule has 1 atom stereocenters. The lowest BCUT2D eigenvalue weighted by molar-refractivity contribution is -0.384. The Hall–Kier alpha value is -2.97. The topological polar surface area (TPSA) is 120 Å². The number of nitro groups is 1. The maximum atomic E-state index is 12.1. The minimum absolute atomic E-state index is 0.0431. The number of nitro benzene ring substituents is 1. The monoisotopic (exact) mass is 334 g/mol. The fraction of sp³-hybridized carbons (Fsp3) is 0.400. The molecule has 128 valence electrons. The van der Waals surface area contributed by atoms with Gasteiger partial charge in [0, 0.05) is 12.1 Å². The second kappa shape index (κ2) is 7.53. The summed E-state index contributed by atoms with van der Waals surface area (Å²) in [7, 11) is 0. The molecule has 0 radical (unpaired) electrons. The summed E-state index contributed by atoms with van der Waals surface area (Å²) in [5.41, 5.74) is -0.0431. The molecule has 0 aliphatic heterocycles. The lowest BCUT2D eigenvalue weighted by Gasteiger charge is -2.18. The third-order valence-electron chi connectivity index (χ3n) is 3.21. The quantitative estimate of drug-likeness (QED) is 0.608. The molecule has 0 saturated heterocycles. The molecule has 9 nitrogen and oxygen atoms in total. The van der Waals surface area contributed by atoms with Crippen LogP contribution < -0.4 is 10.1 Å². The molecule has 0 fully saturated rings. The van der Waals surface area contributed by atoms with Crippen LogP contribution in [0.25, 0.3) is 0 Å². The number of carbonyl (C=O) groups excluding carboxylic acids is 1. The van der Waals surface area contributed by atoms with Crippen molar-refractivity contribution < 1.29 is 19.0 Å². The van der Waals surface area contributed by atoms with Gasteiger partial charge >= 0.3 is 0 Å². The summed E-state index contributed by atoms with van der Waals surface area (Å²) in [6, 6.07) is 5.08. The van der Waals surface area contributed by atoms with Crippen LogP contribution in [0.1, 0.15) is 31.6 Å². The highest BCUT2D eigenvalue weighted by atomic mass is 16.6. The fourth-order valence-electron chi connectivity index (χ4n) is 1.98. The van der Waals surface area contributed by atoms with Gasteiger partial charge in [0.15, 0.2) is 12.4 Å². The molecule has 0 aliphatic carbocycles. The number of carbonyl (C=O) groups is 1. The first-order valence-corrected chi connectivity index (χ1v) is 7.33. The van der Waals surface area contributed by atoms with E-state index < -0.39 is 11.0 Å². The molecule has 0 spiro atoms. The Morgan fingerprint density at radius 3 is 2.54 bits per heavy atom. The number of hydrogen-bond acceptors (Lipinski definition) is 7. The van der Waals surface area contributed by atoms with Gasteiger partial charge in [-0.15, -0.1) is 0 Å². The summed E-state index contributed by atoms with van der Waals surface area (Å²) in [4.78, 5) is 26.3. The summed E-state index contributed by atoms with van der Waals surface area (Å²) in [6.07, 6.45) is 0. The smallest absolute Gasteiger partial charge is 0.269 e. The molecule has 0 unspecified atom stereocenters. The van der Waals surface area contributed by atoms with E-state index in [9.17, 15) is 14.9 Å². The first-order chi connectivity index (χ1) is 11.4. The van der Waals surface area contributed by atoms with Crippen LogP contribution in [0.15, 0.2) is 28.8 Å². The van der Waals surface area contributed by atoms with Crippen molar-refractivity contribution in [2.24, 2.45) is 5.92 Å². The minimum Gasteiger partial charge on any atom is -0.484 e. The number of nitrogens with one attached hydrogen (secondary N) is 1. The number of non-ortho nitro benzene ring substituents is 1. The van der Waals surface area contributed by atoms with Crippen LogP contribution in [0.3, 0.4) is 0 Å². The van der Waals surface area contributed by atoms with Crippen molar-refractivity contribution in [3.8, 4) is 5.75 Å². The van der Waals surface area contributed by atoms with E-state index in [0.717, 1.165) is 0 Å².